The molecule has 4 nitrogen and oxygen atoms in total. The lowest BCUT2D eigenvalue weighted by Gasteiger charge is -2.29. The molecule has 1 saturated carbocycles. The summed E-state index contributed by atoms with van der Waals surface area (Å²) in [6.07, 6.45) is 3.91. The van der Waals surface area contributed by atoms with Gasteiger partial charge in [0.25, 0.3) is 0 Å². The SMILES string of the molecule is CCOCC(NC(=O)C1CCCC(N)C1)C(C)C. The first-order chi connectivity index (χ1) is 8.54. The molecule has 1 amide bonds. The lowest BCUT2D eigenvalue weighted by Crippen LogP contribution is -2.46. The van der Waals surface area contributed by atoms with Gasteiger partial charge in [0.2, 0.25) is 5.91 Å². The fourth-order valence-corrected chi connectivity index (χ4v) is 2.41. The Labute approximate surface area is 111 Å². The Morgan fingerprint density at radius 3 is 2.72 bits per heavy atom. The minimum absolute atomic E-state index is 0.0941. The van der Waals surface area contributed by atoms with Crippen LogP contribution in [0.15, 0.2) is 0 Å². The Hall–Kier alpha value is -0.610. The molecule has 0 bridgehead atoms. The number of nitrogens with one attached hydrogen (secondary N) is 1. The first-order valence-corrected chi connectivity index (χ1v) is 7.18. The van der Waals surface area contributed by atoms with Crippen LogP contribution < -0.4 is 11.1 Å². The highest BCUT2D eigenvalue weighted by Crippen LogP contribution is 2.23. The van der Waals surface area contributed by atoms with Crippen LogP contribution in [-0.2, 0) is 9.53 Å². The van der Waals surface area contributed by atoms with Crippen molar-refractivity contribution in [2.75, 3.05) is 13.2 Å². The number of hydrogen-bond donors (Lipinski definition) is 2. The van der Waals surface area contributed by atoms with E-state index in [0.29, 0.717) is 19.1 Å². The van der Waals surface area contributed by atoms with Gasteiger partial charge in [-0.1, -0.05) is 20.3 Å². The molecule has 4 heteroatoms. The molecule has 0 aromatic rings. The molecule has 0 saturated heterocycles. The van der Waals surface area contributed by atoms with Gasteiger partial charge in [0.05, 0.1) is 12.6 Å². The molecule has 0 aliphatic heterocycles. The quantitative estimate of drug-likeness (QED) is 0.760. The van der Waals surface area contributed by atoms with E-state index in [-0.39, 0.29) is 23.9 Å². The minimum atomic E-state index is 0.0941. The Bertz CT molecular complexity index is 256. The van der Waals surface area contributed by atoms with E-state index in [1.807, 2.05) is 6.92 Å². The third-order valence-electron chi connectivity index (χ3n) is 3.72. The average molecular weight is 256 g/mol. The summed E-state index contributed by atoms with van der Waals surface area (Å²) in [5, 5.41) is 3.12. The molecule has 0 spiro atoms. The van der Waals surface area contributed by atoms with E-state index < -0.39 is 0 Å². The van der Waals surface area contributed by atoms with E-state index in [0.717, 1.165) is 25.7 Å². The van der Waals surface area contributed by atoms with Crippen LogP contribution in [0.2, 0.25) is 0 Å². The van der Waals surface area contributed by atoms with Crippen molar-refractivity contribution < 1.29 is 9.53 Å². The standard InChI is InChI=1S/C14H28N2O2/c1-4-18-9-13(10(2)3)16-14(17)11-6-5-7-12(15)8-11/h10-13H,4-9,15H2,1-3H3,(H,16,17). The predicted molar refractivity (Wildman–Crippen MR) is 73.2 cm³/mol. The van der Waals surface area contributed by atoms with Crippen LogP contribution in [0, 0.1) is 11.8 Å². The van der Waals surface area contributed by atoms with E-state index in [2.05, 4.69) is 19.2 Å². The summed E-state index contributed by atoms with van der Waals surface area (Å²) in [6.45, 7) is 7.47. The molecule has 106 valence electrons. The van der Waals surface area contributed by atoms with Crippen LogP contribution in [0.5, 0.6) is 0 Å². The molecular formula is C14H28N2O2. The molecule has 0 heterocycles. The maximum atomic E-state index is 12.2. The lowest BCUT2D eigenvalue weighted by atomic mass is 9.85. The van der Waals surface area contributed by atoms with E-state index in [1.165, 1.54) is 0 Å². The average Bonchev–Trinajstić information content (AvgIpc) is 2.33. The summed E-state index contributed by atoms with van der Waals surface area (Å²) in [5.74, 6) is 0.637. The Morgan fingerprint density at radius 1 is 1.44 bits per heavy atom. The number of carbonyl (C=O) groups excluding carboxylic acids is 1. The number of carbonyl (C=O) groups is 1. The van der Waals surface area contributed by atoms with Crippen molar-refractivity contribution in [3.05, 3.63) is 0 Å². The molecule has 1 aliphatic rings. The zero-order valence-corrected chi connectivity index (χ0v) is 11.9. The number of amides is 1. The summed E-state index contributed by atoms with van der Waals surface area (Å²) in [7, 11) is 0. The summed E-state index contributed by atoms with van der Waals surface area (Å²) >= 11 is 0. The van der Waals surface area contributed by atoms with Crippen LogP contribution in [0.1, 0.15) is 46.5 Å². The van der Waals surface area contributed by atoms with Crippen molar-refractivity contribution in [2.24, 2.45) is 17.6 Å². The first-order valence-electron chi connectivity index (χ1n) is 7.18. The van der Waals surface area contributed by atoms with Crippen LogP contribution in [0.4, 0.5) is 0 Å². The molecule has 3 unspecified atom stereocenters. The minimum Gasteiger partial charge on any atom is -0.380 e. The third kappa shape index (κ3) is 4.94. The first kappa shape index (κ1) is 15.4. The van der Waals surface area contributed by atoms with E-state index in [4.69, 9.17) is 10.5 Å². The van der Waals surface area contributed by atoms with Gasteiger partial charge in [0.1, 0.15) is 0 Å². The third-order valence-corrected chi connectivity index (χ3v) is 3.72. The summed E-state index contributed by atoms with van der Waals surface area (Å²) in [6, 6.07) is 0.300. The van der Waals surface area contributed by atoms with Gasteiger partial charge in [-0.15, -0.1) is 0 Å². The van der Waals surface area contributed by atoms with E-state index in [9.17, 15) is 4.79 Å². The summed E-state index contributed by atoms with van der Waals surface area (Å²) in [5.41, 5.74) is 5.93. The van der Waals surface area contributed by atoms with Gasteiger partial charge in [-0.05, 0) is 32.1 Å². The molecule has 0 radical (unpaired) electrons. The van der Waals surface area contributed by atoms with Crippen LogP contribution in [0.25, 0.3) is 0 Å². The molecule has 0 aromatic carbocycles. The smallest absolute Gasteiger partial charge is 0.223 e. The highest BCUT2D eigenvalue weighted by Gasteiger charge is 2.27. The second-order valence-corrected chi connectivity index (χ2v) is 5.64. The lowest BCUT2D eigenvalue weighted by molar-refractivity contribution is -0.127. The van der Waals surface area contributed by atoms with Crippen molar-refractivity contribution in [1.29, 1.82) is 0 Å². The van der Waals surface area contributed by atoms with Gasteiger partial charge in [-0.25, -0.2) is 0 Å². The number of hydrogen-bond acceptors (Lipinski definition) is 3. The van der Waals surface area contributed by atoms with Crippen LogP contribution in [-0.4, -0.2) is 31.2 Å². The maximum Gasteiger partial charge on any atom is 0.223 e. The topological polar surface area (TPSA) is 64.3 Å². The Balaban J connectivity index is 2.44. The van der Waals surface area contributed by atoms with Crippen LogP contribution >= 0.6 is 0 Å². The molecule has 1 aliphatic carbocycles. The normalized spacial score (nSPS) is 26.1. The fourth-order valence-electron chi connectivity index (χ4n) is 2.41. The molecule has 1 rings (SSSR count). The van der Waals surface area contributed by atoms with Gasteiger partial charge >= 0.3 is 0 Å². The number of nitrogens with two attached hydrogens (primary N) is 1. The highest BCUT2D eigenvalue weighted by molar-refractivity contribution is 5.79. The van der Waals surface area contributed by atoms with Gasteiger partial charge in [0, 0.05) is 18.6 Å². The molecule has 1 fully saturated rings. The predicted octanol–water partition coefficient (Wildman–Crippen LogP) is 1.68. The zero-order chi connectivity index (χ0) is 13.5. The molecule has 3 atom stereocenters. The molecule has 3 N–H and O–H groups in total. The van der Waals surface area contributed by atoms with Crippen molar-refractivity contribution in [1.82, 2.24) is 5.32 Å². The van der Waals surface area contributed by atoms with Crippen molar-refractivity contribution in [3.63, 3.8) is 0 Å². The summed E-state index contributed by atoms with van der Waals surface area (Å²) in [4.78, 5) is 12.2. The van der Waals surface area contributed by atoms with Crippen molar-refractivity contribution >= 4 is 5.91 Å². The number of rotatable bonds is 6. The monoisotopic (exact) mass is 256 g/mol. The van der Waals surface area contributed by atoms with Crippen LogP contribution in [0.3, 0.4) is 0 Å². The molecule has 18 heavy (non-hydrogen) atoms. The summed E-state index contributed by atoms with van der Waals surface area (Å²) < 4.78 is 5.43. The van der Waals surface area contributed by atoms with Crippen molar-refractivity contribution in [2.45, 2.75) is 58.5 Å². The maximum absolute atomic E-state index is 12.2. The Morgan fingerprint density at radius 2 is 2.17 bits per heavy atom. The molecule has 0 aromatic heterocycles. The van der Waals surface area contributed by atoms with Gasteiger partial charge in [0.15, 0.2) is 0 Å². The number of ether oxygens (including phenoxy) is 1. The highest BCUT2D eigenvalue weighted by atomic mass is 16.5. The van der Waals surface area contributed by atoms with Crippen molar-refractivity contribution in [3.8, 4) is 0 Å². The van der Waals surface area contributed by atoms with E-state index >= 15 is 0 Å². The van der Waals surface area contributed by atoms with Gasteiger partial charge < -0.3 is 15.8 Å². The molecular weight excluding hydrogens is 228 g/mol. The second-order valence-electron chi connectivity index (χ2n) is 5.64. The largest absolute Gasteiger partial charge is 0.380 e. The zero-order valence-electron chi connectivity index (χ0n) is 11.9. The van der Waals surface area contributed by atoms with Gasteiger partial charge in [-0.2, -0.15) is 0 Å². The second kappa shape index (κ2) is 7.74. The fraction of sp³-hybridized carbons (Fsp3) is 0.929. The Kier molecular flexibility index (Phi) is 6.65. The van der Waals surface area contributed by atoms with Gasteiger partial charge in [-0.3, -0.25) is 4.79 Å². The van der Waals surface area contributed by atoms with E-state index in [1.54, 1.807) is 0 Å².